The lowest BCUT2D eigenvalue weighted by Gasteiger charge is -2.17. The molecule has 17 heteroatoms. The highest BCUT2D eigenvalue weighted by Crippen LogP contribution is 2.35. The van der Waals surface area contributed by atoms with E-state index in [0.717, 1.165) is 10.9 Å². The number of ether oxygens (including phenoxy) is 1. The predicted octanol–water partition coefficient (Wildman–Crippen LogP) is 4.90. The lowest BCUT2D eigenvalue weighted by atomic mass is 10.2. The number of alkyl halides is 4. The fourth-order valence-electron chi connectivity index (χ4n) is 3.54. The van der Waals surface area contributed by atoms with Crippen molar-refractivity contribution in [1.82, 2.24) is 29.4 Å². The molecule has 3 amide bonds. The molecule has 0 saturated carbocycles. The summed E-state index contributed by atoms with van der Waals surface area (Å²) < 4.78 is 49.3. The minimum Gasteiger partial charge on any atom is -0.375 e. The number of aromatic nitrogens is 6. The number of anilines is 3. The Bertz CT molecular complexity index is 1520. The predicted molar refractivity (Wildman–Crippen MR) is 136 cm³/mol. The molecule has 0 bridgehead atoms. The van der Waals surface area contributed by atoms with Crippen molar-refractivity contribution >= 4 is 57.8 Å². The average molecular weight is 586 g/mol. The summed E-state index contributed by atoms with van der Waals surface area (Å²) in [5, 5.41) is 15.5. The van der Waals surface area contributed by atoms with Crippen molar-refractivity contribution in [2.24, 2.45) is 0 Å². The molecule has 1 atom stereocenters. The third-order valence-electron chi connectivity index (χ3n) is 5.31. The highest BCUT2D eigenvalue weighted by Gasteiger charge is 2.36. The smallest absolute Gasteiger partial charge is 0.375 e. The first-order chi connectivity index (χ1) is 18.5. The van der Waals surface area contributed by atoms with E-state index in [0.29, 0.717) is 17.4 Å². The van der Waals surface area contributed by atoms with E-state index < -0.39 is 35.6 Å². The lowest BCUT2D eigenvalue weighted by Crippen LogP contribution is -2.23. The summed E-state index contributed by atoms with van der Waals surface area (Å²) in [4.78, 5) is 32.5. The summed E-state index contributed by atoms with van der Waals surface area (Å²) >= 11 is 11.5. The monoisotopic (exact) mass is 585 g/mol. The van der Waals surface area contributed by atoms with Crippen LogP contribution in [0.3, 0.4) is 0 Å². The number of carbonyl (C=O) groups is 2. The van der Waals surface area contributed by atoms with E-state index >= 15 is 0 Å². The summed E-state index contributed by atoms with van der Waals surface area (Å²) in [7, 11) is 1.45. The van der Waals surface area contributed by atoms with Gasteiger partial charge in [-0.2, -0.15) is 23.4 Å². The van der Waals surface area contributed by atoms with Gasteiger partial charge in [-0.1, -0.05) is 11.6 Å². The summed E-state index contributed by atoms with van der Waals surface area (Å²) in [6, 6.07) is 1.35. The summed E-state index contributed by atoms with van der Waals surface area (Å²) in [6.45, 7) is 1.70. The minimum atomic E-state index is -4.85. The molecule has 0 fully saturated rings. The molecule has 3 N–H and O–H groups in total. The molecule has 0 unspecified atom stereocenters. The van der Waals surface area contributed by atoms with Gasteiger partial charge in [-0.05, 0) is 13.0 Å². The van der Waals surface area contributed by atoms with Crippen LogP contribution in [0.15, 0.2) is 36.9 Å². The zero-order chi connectivity index (χ0) is 28.3. The van der Waals surface area contributed by atoms with Gasteiger partial charge < -0.3 is 20.7 Å². The van der Waals surface area contributed by atoms with Gasteiger partial charge in [0.2, 0.25) is 5.91 Å². The Labute approximate surface area is 228 Å². The van der Waals surface area contributed by atoms with E-state index in [9.17, 15) is 22.8 Å². The second kappa shape index (κ2) is 11.4. The molecule has 0 aliphatic carbocycles. The number of nitrogens with zero attached hydrogens (tertiary/aromatic N) is 6. The van der Waals surface area contributed by atoms with Crippen molar-refractivity contribution in [3.8, 4) is 5.82 Å². The van der Waals surface area contributed by atoms with E-state index in [1.54, 1.807) is 6.92 Å². The first kappa shape index (κ1) is 28.1. The topological polar surface area (TPSA) is 140 Å². The zero-order valence-electron chi connectivity index (χ0n) is 20.3. The molecular weight excluding hydrogens is 566 g/mol. The van der Waals surface area contributed by atoms with Crippen LogP contribution in [-0.2, 0) is 15.7 Å². The SMILES string of the molecule is CO[C@@H](C)c1c(NC(=O)Nc2cnc(-n3cc(NC(=O)CCCl)cn3)c(C(F)(F)F)c2)cnc2cc(Cl)nn12. The molecule has 12 nitrogen and oxygen atoms in total. The van der Waals surface area contributed by atoms with Crippen LogP contribution in [0.25, 0.3) is 11.5 Å². The van der Waals surface area contributed by atoms with Gasteiger partial charge in [0.05, 0.1) is 53.6 Å². The number of rotatable bonds is 8. The summed E-state index contributed by atoms with van der Waals surface area (Å²) in [6.07, 6.45) is -0.659. The Morgan fingerprint density at radius 3 is 2.56 bits per heavy atom. The molecule has 4 rings (SSSR count). The van der Waals surface area contributed by atoms with Gasteiger partial charge in [-0.15, -0.1) is 11.6 Å². The maximum atomic E-state index is 13.9. The second-order valence-corrected chi connectivity index (χ2v) is 8.77. The van der Waals surface area contributed by atoms with Gasteiger partial charge in [0.1, 0.15) is 5.56 Å². The molecule has 39 heavy (non-hydrogen) atoms. The summed E-state index contributed by atoms with van der Waals surface area (Å²) in [5.74, 6) is -0.906. The zero-order valence-corrected chi connectivity index (χ0v) is 21.8. The number of urea groups is 1. The van der Waals surface area contributed by atoms with E-state index in [-0.39, 0.29) is 34.5 Å². The second-order valence-electron chi connectivity index (χ2n) is 8.00. The van der Waals surface area contributed by atoms with Gasteiger partial charge in [0.15, 0.2) is 16.6 Å². The maximum Gasteiger partial charge on any atom is 0.420 e. The van der Waals surface area contributed by atoms with Crippen molar-refractivity contribution in [3.63, 3.8) is 0 Å². The molecule has 0 saturated heterocycles. The van der Waals surface area contributed by atoms with Crippen LogP contribution in [0, 0.1) is 0 Å². The van der Waals surface area contributed by atoms with Crippen molar-refractivity contribution in [3.05, 3.63) is 53.3 Å². The Kier molecular flexibility index (Phi) is 8.22. The molecular formula is C22H20Cl2F3N9O3. The number of carbonyl (C=O) groups excluding carboxylic acids is 2. The van der Waals surface area contributed by atoms with Crippen LogP contribution >= 0.6 is 23.2 Å². The number of halogens is 5. The number of hydrogen-bond donors (Lipinski definition) is 3. The number of hydrogen-bond acceptors (Lipinski definition) is 7. The molecule has 206 valence electrons. The number of methoxy groups -OCH3 is 1. The quantitative estimate of drug-likeness (QED) is 0.250. The number of nitrogens with one attached hydrogen (secondary N) is 3. The normalized spacial score (nSPS) is 12.4. The van der Waals surface area contributed by atoms with Crippen molar-refractivity contribution in [2.45, 2.75) is 25.6 Å². The number of fused-ring (bicyclic) bond motifs is 1. The summed E-state index contributed by atoms with van der Waals surface area (Å²) in [5.41, 5.74) is -0.267. The van der Waals surface area contributed by atoms with Crippen LogP contribution in [0.1, 0.15) is 30.7 Å². The molecule has 0 aliphatic heterocycles. The molecule has 0 aliphatic rings. The maximum absolute atomic E-state index is 13.9. The van der Waals surface area contributed by atoms with Crippen LogP contribution < -0.4 is 16.0 Å². The lowest BCUT2D eigenvalue weighted by molar-refractivity contribution is -0.137. The van der Waals surface area contributed by atoms with Gasteiger partial charge in [-0.25, -0.2) is 24.0 Å². The van der Waals surface area contributed by atoms with Crippen LogP contribution in [0.5, 0.6) is 0 Å². The van der Waals surface area contributed by atoms with Gasteiger partial charge >= 0.3 is 12.2 Å². The third kappa shape index (κ3) is 6.38. The van der Waals surface area contributed by atoms with E-state index in [4.69, 9.17) is 27.9 Å². The Hall–Kier alpha value is -3.95. The Morgan fingerprint density at radius 1 is 1.10 bits per heavy atom. The molecule has 4 aromatic rings. The molecule has 0 radical (unpaired) electrons. The average Bonchev–Trinajstić information content (AvgIpc) is 3.48. The van der Waals surface area contributed by atoms with E-state index in [1.807, 2.05) is 0 Å². The van der Waals surface area contributed by atoms with Gasteiger partial charge in [0, 0.05) is 25.5 Å². The fourth-order valence-corrected chi connectivity index (χ4v) is 3.88. The van der Waals surface area contributed by atoms with Crippen LogP contribution in [0.4, 0.5) is 35.0 Å². The Morgan fingerprint density at radius 2 is 1.87 bits per heavy atom. The van der Waals surface area contributed by atoms with Crippen molar-refractivity contribution in [2.75, 3.05) is 28.9 Å². The molecule has 0 spiro atoms. The highest BCUT2D eigenvalue weighted by molar-refractivity contribution is 6.29. The largest absolute Gasteiger partial charge is 0.420 e. The van der Waals surface area contributed by atoms with Crippen LogP contribution in [0.2, 0.25) is 5.15 Å². The highest BCUT2D eigenvalue weighted by atomic mass is 35.5. The standard InChI is InChI=1S/C22H20Cl2F3N9O3/c1-11(39-2)19-15(9-28-17-6-16(24)34-36(17)19)33-21(38)32-12-5-14(22(25,26)27)20(29-7-12)35-10-13(8-30-35)31-18(37)3-4-23/h5-11H,3-4H2,1-2H3,(H,31,37)(H2,32,33,38)/t11-/m0/s1. The number of pyridine rings is 1. The van der Waals surface area contributed by atoms with Gasteiger partial charge in [-0.3, -0.25) is 4.79 Å². The minimum absolute atomic E-state index is 0.0205. The first-order valence-electron chi connectivity index (χ1n) is 11.1. The Balaban J connectivity index is 1.58. The third-order valence-corrected chi connectivity index (χ3v) is 5.69. The van der Waals surface area contributed by atoms with Gasteiger partial charge in [0.25, 0.3) is 0 Å². The number of amides is 3. The van der Waals surface area contributed by atoms with E-state index in [1.165, 1.54) is 36.3 Å². The first-order valence-corrected chi connectivity index (χ1v) is 12.0. The molecule has 0 aromatic carbocycles. The van der Waals surface area contributed by atoms with Crippen LogP contribution in [-0.4, -0.2) is 54.3 Å². The fraction of sp³-hybridized carbons (Fsp3) is 0.273. The van der Waals surface area contributed by atoms with Crippen molar-refractivity contribution < 1.29 is 27.5 Å². The van der Waals surface area contributed by atoms with E-state index in [2.05, 4.69) is 36.1 Å². The van der Waals surface area contributed by atoms with Crippen molar-refractivity contribution in [1.29, 1.82) is 0 Å². The molecule has 4 aromatic heterocycles. The molecule has 4 heterocycles.